The van der Waals surface area contributed by atoms with E-state index in [9.17, 15) is 9.59 Å². The number of hydrogen-bond acceptors (Lipinski definition) is 4. The molecule has 2 N–H and O–H groups in total. The van der Waals surface area contributed by atoms with Crippen LogP contribution in [-0.2, 0) is 9.59 Å². The molecule has 1 atom stereocenters. The average Bonchev–Trinajstić information content (AvgIpc) is 2.57. The Kier molecular flexibility index (Phi) is 7.71. The summed E-state index contributed by atoms with van der Waals surface area (Å²) in [4.78, 5) is 31.9. The van der Waals surface area contributed by atoms with E-state index < -0.39 is 5.92 Å². The van der Waals surface area contributed by atoms with Crippen LogP contribution in [0.25, 0.3) is 0 Å². The number of amides is 2. The Morgan fingerprint density at radius 3 is 2.88 bits per heavy atom. The van der Waals surface area contributed by atoms with E-state index in [2.05, 4.69) is 30.5 Å². The highest BCUT2D eigenvalue weighted by molar-refractivity contribution is 7.80. The molecule has 2 amide bonds. The lowest BCUT2D eigenvalue weighted by Gasteiger charge is -2.31. The van der Waals surface area contributed by atoms with Crippen molar-refractivity contribution in [3.8, 4) is 0 Å². The van der Waals surface area contributed by atoms with Gasteiger partial charge in [0.05, 0.1) is 20.6 Å². The summed E-state index contributed by atoms with van der Waals surface area (Å²) >= 11 is 5.19. The molecule has 2 aliphatic rings. The van der Waals surface area contributed by atoms with Crippen molar-refractivity contribution in [2.75, 3.05) is 33.7 Å². The summed E-state index contributed by atoms with van der Waals surface area (Å²) in [6.07, 6.45) is 10.2. The Bertz CT molecular complexity index is 571. The first-order valence-electron chi connectivity index (χ1n) is 9.12. The molecular formula is C18H29N4O2S+. The van der Waals surface area contributed by atoms with Gasteiger partial charge in [-0.2, -0.15) is 0 Å². The predicted octanol–water partition coefficient (Wildman–Crippen LogP) is 0.342. The van der Waals surface area contributed by atoms with Crippen LogP contribution < -0.4 is 10.2 Å². The van der Waals surface area contributed by atoms with E-state index in [0.29, 0.717) is 13.1 Å². The fraction of sp³-hybridized carbons (Fsp3) is 0.667. The third-order valence-electron chi connectivity index (χ3n) is 4.55. The minimum atomic E-state index is -0.862. The van der Waals surface area contributed by atoms with Crippen LogP contribution in [0, 0.1) is 5.92 Å². The number of hydrogen-bond donors (Lipinski definition) is 2. The molecule has 0 aromatic heterocycles. The molecule has 6 nitrogen and oxygen atoms in total. The van der Waals surface area contributed by atoms with Crippen LogP contribution in [0.4, 0.5) is 0 Å². The minimum absolute atomic E-state index is 0.215. The molecule has 2 rings (SSSR count). The summed E-state index contributed by atoms with van der Waals surface area (Å²) in [5.41, 5.74) is 1.38. The molecule has 7 heteroatoms. The summed E-state index contributed by atoms with van der Waals surface area (Å²) < 4.78 is 0. The third-order valence-corrected chi connectivity index (χ3v) is 4.87. The van der Waals surface area contributed by atoms with Gasteiger partial charge in [0.1, 0.15) is 0 Å². The Labute approximate surface area is 155 Å². The number of nitrogens with zero attached hydrogens (tertiary/aromatic N) is 2. The molecule has 0 aromatic rings. The largest absolute Gasteiger partial charge is 0.340 e. The Hall–Kier alpha value is -1.60. The van der Waals surface area contributed by atoms with Crippen LogP contribution in [0.15, 0.2) is 16.6 Å². The lowest BCUT2D eigenvalue weighted by molar-refractivity contribution is -0.858. The molecule has 0 bridgehead atoms. The van der Waals surface area contributed by atoms with Gasteiger partial charge < -0.3 is 10.2 Å². The fourth-order valence-corrected chi connectivity index (χ4v) is 3.35. The molecule has 1 aliphatic carbocycles. The first-order chi connectivity index (χ1) is 12.0. The molecule has 0 aromatic carbocycles. The standard InChI is InChI=1S/C18H28N4O2S/c1-21(2)11-6-10-19-13-15-16(23)20-18(25)22(17(15)24)12-9-14-7-4-3-5-8-14/h7,13,15H,3-6,8-12H2,1-2H3,(H,20,23,25)/p+1. The van der Waals surface area contributed by atoms with Crippen LogP contribution in [0.2, 0.25) is 0 Å². The zero-order chi connectivity index (χ0) is 18.2. The highest BCUT2D eigenvalue weighted by atomic mass is 32.1. The Balaban J connectivity index is 1.90. The van der Waals surface area contributed by atoms with E-state index in [1.54, 1.807) is 0 Å². The molecule has 1 unspecified atom stereocenters. The molecule has 1 heterocycles. The summed E-state index contributed by atoms with van der Waals surface area (Å²) in [6, 6.07) is 0. The summed E-state index contributed by atoms with van der Waals surface area (Å²) in [5.74, 6) is -1.49. The van der Waals surface area contributed by atoms with Gasteiger partial charge in [-0.25, -0.2) is 0 Å². The molecule has 0 saturated carbocycles. The quantitative estimate of drug-likeness (QED) is 0.214. The highest BCUT2D eigenvalue weighted by Crippen LogP contribution is 2.21. The van der Waals surface area contributed by atoms with Crippen molar-refractivity contribution in [2.45, 2.75) is 38.5 Å². The third kappa shape index (κ3) is 6.01. The van der Waals surface area contributed by atoms with Crippen LogP contribution in [0.5, 0.6) is 0 Å². The number of rotatable bonds is 8. The summed E-state index contributed by atoms with van der Waals surface area (Å²) in [5, 5.41) is 2.85. The van der Waals surface area contributed by atoms with Gasteiger partial charge in [0.15, 0.2) is 11.0 Å². The molecule has 0 spiro atoms. The van der Waals surface area contributed by atoms with Crippen LogP contribution in [0.3, 0.4) is 0 Å². The number of aliphatic imine (C=N–C) groups is 1. The Morgan fingerprint density at radius 2 is 2.20 bits per heavy atom. The van der Waals surface area contributed by atoms with E-state index in [1.165, 1.54) is 34.4 Å². The van der Waals surface area contributed by atoms with Crippen molar-refractivity contribution in [3.63, 3.8) is 0 Å². The second-order valence-electron chi connectivity index (χ2n) is 6.99. The maximum atomic E-state index is 12.7. The van der Waals surface area contributed by atoms with Gasteiger partial charge in [0.25, 0.3) is 0 Å². The zero-order valence-corrected chi connectivity index (χ0v) is 16.0. The molecule has 0 radical (unpaired) electrons. The average molecular weight is 366 g/mol. The van der Waals surface area contributed by atoms with Crippen LogP contribution in [-0.4, -0.2) is 61.8 Å². The topological polar surface area (TPSA) is 66.2 Å². The number of thiocarbonyl (C=S) groups is 1. The molecule has 1 saturated heterocycles. The second-order valence-corrected chi connectivity index (χ2v) is 7.37. The number of quaternary nitrogens is 1. The van der Waals surface area contributed by atoms with Crippen molar-refractivity contribution in [1.82, 2.24) is 10.2 Å². The number of carbonyl (C=O) groups excluding carboxylic acids is 2. The lowest BCUT2D eigenvalue weighted by atomic mass is 9.97. The van der Waals surface area contributed by atoms with Gasteiger partial charge in [-0.15, -0.1) is 0 Å². The Morgan fingerprint density at radius 1 is 1.40 bits per heavy atom. The van der Waals surface area contributed by atoms with Crippen molar-refractivity contribution in [1.29, 1.82) is 0 Å². The smallest absolute Gasteiger partial charge is 0.246 e. The van der Waals surface area contributed by atoms with Gasteiger partial charge in [-0.1, -0.05) is 11.6 Å². The van der Waals surface area contributed by atoms with E-state index in [4.69, 9.17) is 12.2 Å². The maximum absolute atomic E-state index is 12.7. The van der Waals surface area contributed by atoms with Crippen LogP contribution in [0.1, 0.15) is 38.5 Å². The fourth-order valence-electron chi connectivity index (χ4n) is 3.06. The minimum Gasteiger partial charge on any atom is -0.340 e. The first-order valence-corrected chi connectivity index (χ1v) is 9.53. The SMILES string of the molecule is C[NH+](C)CCCN=CC1C(=O)NC(=S)N(CCC2=CCCCC2)C1=O. The van der Waals surface area contributed by atoms with Gasteiger partial charge in [0, 0.05) is 25.7 Å². The van der Waals surface area contributed by atoms with E-state index in [1.807, 2.05) is 0 Å². The molecule has 25 heavy (non-hydrogen) atoms. The normalized spacial score (nSPS) is 21.9. The van der Waals surface area contributed by atoms with Gasteiger partial charge in [0.2, 0.25) is 11.8 Å². The number of carbonyl (C=O) groups is 2. The van der Waals surface area contributed by atoms with Crippen molar-refractivity contribution in [2.24, 2.45) is 10.9 Å². The molecule has 1 aliphatic heterocycles. The van der Waals surface area contributed by atoms with Gasteiger partial charge in [-0.05, 0) is 44.3 Å². The highest BCUT2D eigenvalue weighted by Gasteiger charge is 2.37. The van der Waals surface area contributed by atoms with Crippen molar-refractivity contribution in [3.05, 3.63) is 11.6 Å². The van der Waals surface area contributed by atoms with Crippen molar-refractivity contribution < 1.29 is 14.5 Å². The predicted molar refractivity (Wildman–Crippen MR) is 103 cm³/mol. The van der Waals surface area contributed by atoms with E-state index >= 15 is 0 Å². The van der Waals surface area contributed by atoms with Gasteiger partial charge in [-0.3, -0.25) is 19.5 Å². The first kappa shape index (κ1) is 19.7. The molecular weight excluding hydrogens is 336 g/mol. The maximum Gasteiger partial charge on any atom is 0.246 e. The van der Waals surface area contributed by atoms with E-state index in [0.717, 1.165) is 32.2 Å². The van der Waals surface area contributed by atoms with Gasteiger partial charge >= 0.3 is 0 Å². The van der Waals surface area contributed by atoms with Crippen LogP contribution >= 0.6 is 12.2 Å². The number of nitrogens with one attached hydrogen (secondary N) is 2. The van der Waals surface area contributed by atoms with Crippen molar-refractivity contribution >= 4 is 35.4 Å². The van der Waals surface area contributed by atoms with E-state index in [-0.39, 0.29) is 16.9 Å². The molecule has 1 fully saturated rings. The number of allylic oxidation sites excluding steroid dienone is 1. The molecule has 138 valence electrons. The second kappa shape index (κ2) is 9.77. The zero-order valence-electron chi connectivity index (χ0n) is 15.2. The summed E-state index contributed by atoms with van der Waals surface area (Å²) in [7, 11) is 4.17. The summed E-state index contributed by atoms with van der Waals surface area (Å²) in [6.45, 7) is 2.16. The monoisotopic (exact) mass is 365 g/mol. The lowest BCUT2D eigenvalue weighted by Crippen LogP contribution is -3.05.